The van der Waals surface area contributed by atoms with Gasteiger partial charge in [0.25, 0.3) is 0 Å². The molecular weight excluding hydrogens is 196 g/mol. The molecule has 2 aliphatic rings. The number of anilines is 1. The third-order valence-electron chi connectivity index (χ3n) is 4.20. The molecule has 86 valence electrons. The number of nitrogens with two attached hydrogens (primary N) is 1. The zero-order valence-electron chi connectivity index (χ0n) is 9.95. The first-order valence-electron chi connectivity index (χ1n) is 6.34. The summed E-state index contributed by atoms with van der Waals surface area (Å²) >= 11 is 0. The SMILES string of the molecule is CC1CC(N2CCc3cccc(N)c3C2)C1. The Hall–Kier alpha value is -1.02. The van der Waals surface area contributed by atoms with Crippen LogP contribution in [-0.4, -0.2) is 17.5 Å². The summed E-state index contributed by atoms with van der Waals surface area (Å²) in [6.45, 7) is 4.63. The molecule has 0 radical (unpaired) electrons. The van der Waals surface area contributed by atoms with Crippen molar-refractivity contribution < 1.29 is 0 Å². The van der Waals surface area contributed by atoms with Crippen LogP contribution in [0, 0.1) is 5.92 Å². The predicted octanol–water partition coefficient (Wildman–Crippen LogP) is 2.43. The van der Waals surface area contributed by atoms with Gasteiger partial charge in [0, 0.05) is 24.8 Å². The van der Waals surface area contributed by atoms with Crippen molar-refractivity contribution in [2.24, 2.45) is 5.92 Å². The molecule has 2 heteroatoms. The first-order chi connectivity index (χ1) is 7.74. The summed E-state index contributed by atoms with van der Waals surface area (Å²) in [5.41, 5.74) is 9.89. The number of rotatable bonds is 1. The Balaban J connectivity index is 1.78. The molecular formula is C14H20N2. The quantitative estimate of drug-likeness (QED) is 0.730. The Kier molecular flexibility index (Phi) is 2.40. The van der Waals surface area contributed by atoms with Gasteiger partial charge in [-0.05, 0) is 42.4 Å². The van der Waals surface area contributed by atoms with Gasteiger partial charge in [-0.3, -0.25) is 4.90 Å². The van der Waals surface area contributed by atoms with Crippen molar-refractivity contribution in [3.63, 3.8) is 0 Å². The number of nitrogens with zero attached hydrogens (tertiary/aromatic N) is 1. The Morgan fingerprint density at radius 2 is 2.12 bits per heavy atom. The molecule has 0 amide bonds. The molecule has 0 unspecified atom stereocenters. The lowest BCUT2D eigenvalue weighted by Gasteiger charge is -2.44. The van der Waals surface area contributed by atoms with Gasteiger partial charge < -0.3 is 5.73 Å². The summed E-state index contributed by atoms with van der Waals surface area (Å²) < 4.78 is 0. The highest BCUT2D eigenvalue weighted by Gasteiger charge is 2.32. The largest absolute Gasteiger partial charge is 0.398 e. The fraction of sp³-hybridized carbons (Fsp3) is 0.571. The number of nitrogen functional groups attached to an aromatic ring is 1. The topological polar surface area (TPSA) is 29.3 Å². The second-order valence-electron chi connectivity index (χ2n) is 5.44. The fourth-order valence-corrected chi connectivity index (χ4v) is 3.10. The molecule has 2 N–H and O–H groups in total. The molecule has 3 rings (SSSR count). The van der Waals surface area contributed by atoms with Crippen LogP contribution in [-0.2, 0) is 13.0 Å². The Morgan fingerprint density at radius 3 is 2.88 bits per heavy atom. The Labute approximate surface area is 97.4 Å². The van der Waals surface area contributed by atoms with Crippen LogP contribution in [0.25, 0.3) is 0 Å². The van der Waals surface area contributed by atoms with E-state index in [4.69, 9.17) is 5.73 Å². The summed E-state index contributed by atoms with van der Waals surface area (Å²) in [7, 11) is 0. The zero-order chi connectivity index (χ0) is 11.1. The molecule has 1 aromatic rings. The number of hydrogen-bond acceptors (Lipinski definition) is 2. The zero-order valence-corrected chi connectivity index (χ0v) is 9.95. The molecule has 1 aliphatic heterocycles. The van der Waals surface area contributed by atoms with Crippen molar-refractivity contribution in [1.82, 2.24) is 4.90 Å². The van der Waals surface area contributed by atoms with Gasteiger partial charge in [0.2, 0.25) is 0 Å². The van der Waals surface area contributed by atoms with Crippen molar-refractivity contribution in [3.8, 4) is 0 Å². The Morgan fingerprint density at radius 1 is 1.31 bits per heavy atom. The normalized spacial score (nSPS) is 29.6. The van der Waals surface area contributed by atoms with Crippen molar-refractivity contribution in [2.45, 2.75) is 38.8 Å². The van der Waals surface area contributed by atoms with E-state index in [1.54, 1.807) is 0 Å². The summed E-state index contributed by atoms with van der Waals surface area (Å²) in [6.07, 6.45) is 3.93. The summed E-state index contributed by atoms with van der Waals surface area (Å²) in [4.78, 5) is 2.62. The highest BCUT2D eigenvalue weighted by Crippen LogP contribution is 2.35. The third-order valence-corrected chi connectivity index (χ3v) is 4.20. The van der Waals surface area contributed by atoms with Gasteiger partial charge in [0.05, 0.1) is 0 Å². The monoisotopic (exact) mass is 216 g/mol. The van der Waals surface area contributed by atoms with Crippen LogP contribution in [0.5, 0.6) is 0 Å². The van der Waals surface area contributed by atoms with Gasteiger partial charge >= 0.3 is 0 Å². The first kappa shape index (κ1) is 10.2. The maximum Gasteiger partial charge on any atom is 0.0362 e. The predicted molar refractivity (Wildman–Crippen MR) is 67.2 cm³/mol. The van der Waals surface area contributed by atoms with E-state index in [0.717, 1.165) is 24.2 Å². The minimum absolute atomic E-state index is 0.822. The molecule has 0 spiro atoms. The van der Waals surface area contributed by atoms with Gasteiger partial charge in [-0.1, -0.05) is 19.1 Å². The van der Waals surface area contributed by atoms with Crippen LogP contribution in [0.4, 0.5) is 5.69 Å². The molecule has 2 nitrogen and oxygen atoms in total. The van der Waals surface area contributed by atoms with Gasteiger partial charge in [0.15, 0.2) is 0 Å². The minimum atomic E-state index is 0.822. The maximum absolute atomic E-state index is 6.06. The summed E-state index contributed by atoms with van der Waals surface area (Å²) in [6, 6.07) is 7.16. The van der Waals surface area contributed by atoms with E-state index in [0.29, 0.717) is 0 Å². The van der Waals surface area contributed by atoms with Crippen molar-refractivity contribution in [2.75, 3.05) is 12.3 Å². The highest BCUT2D eigenvalue weighted by molar-refractivity contribution is 5.51. The average molecular weight is 216 g/mol. The maximum atomic E-state index is 6.06. The second kappa shape index (κ2) is 3.77. The van der Waals surface area contributed by atoms with E-state index >= 15 is 0 Å². The lowest BCUT2D eigenvalue weighted by atomic mass is 9.79. The first-order valence-corrected chi connectivity index (χ1v) is 6.34. The van der Waals surface area contributed by atoms with Crippen molar-refractivity contribution in [3.05, 3.63) is 29.3 Å². The van der Waals surface area contributed by atoms with Gasteiger partial charge in [-0.25, -0.2) is 0 Å². The number of hydrogen-bond donors (Lipinski definition) is 1. The molecule has 1 aliphatic carbocycles. The van der Waals surface area contributed by atoms with Crippen molar-refractivity contribution >= 4 is 5.69 Å². The Bertz CT molecular complexity index is 394. The van der Waals surface area contributed by atoms with Gasteiger partial charge in [-0.15, -0.1) is 0 Å². The van der Waals surface area contributed by atoms with E-state index in [2.05, 4.69) is 24.0 Å². The van der Waals surface area contributed by atoms with Crippen LogP contribution < -0.4 is 5.73 Å². The van der Waals surface area contributed by atoms with Crippen LogP contribution in [0.1, 0.15) is 30.9 Å². The molecule has 0 saturated heterocycles. The smallest absolute Gasteiger partial charge is 0.0362 e. The van der Waals surface area contributed by atoms with E-state index in [9.17, 15) is 0 Å². The summed E-state index contributed by atoms with van der Waals surface area (Å²) in [5.74, 6) is 0.930. The molecule has 0 bridgehead atoms. The standard InChI is InChI=1S/C14H20N2/c1-10-7-12(8-10)16-6-5-11-3-2-4-14(15)13(11)9-16/h2-4,10,12H,5-9,15H2,1H3. The highest BCUT2D eigenvalue weighted by atomic mass is 15.2. The summed E-state index contributed by atoms with van der Waals surface area (Å²) in [5, 5.41) is 0. The molecule has 1 saturated carbocycles. The van der Waals surface area contributed by atoms with Gasteiger partial charge in [-0.2, -0.15) is 0 Å². The molecule has 1 heterocycles. The van der Waals surface area contributed by atoms with Crippen LogP contribution in [0.3, 0.4) is 0 Å². The minimum Gasteiger partial charge on any atom is -0.398 e. The van der Waals surface area contributed by atoms with E-state index < -0.39 is 0 Å². The number of fused-ring (bicyclic) bond motifs is 1. The van der Waals surface area contributed by atoms with Crippen LogP contribution in [0.15, 0.2) is 18.2 Å². The second-order valence-corrected chi connectivity index (χ2v) is 5.44. The van der Waals surface area contributed by atoms with E-state index in [1.165, 1.54) is 36.9 Å². The van der Waals surface area contributed by atoms with Crippen LogP contribution >= 0.6 is 0 Å². The number of benzene rings is 1. The average Bonchev–Trinajstić information content (AvgIpc) is 2.25. The lowest BCUT2D eigenvalue weighted by Crippen LogP contribution is -2.46. The molecule has 0 aromatic heterocycles. The van der Waals surface area contributed by atoms with Gasteiger partial charge in [0.1, 0.15) is 0 Å². The molecule has 16 heavy (non-hydrogen) atoms. The van der Waals surface area contributed by atoms with Crippen molar-refractivity contribution in [1.29, 1.82) is 0 Å². The van der Waals surface area contributed by atoms with Crippen LogP contribution in [0.2, 0.25) is 0 Å². The fourth-order valence-electron chi connectivity index (χ4n) is 3.10. The molecule has 1 aromatic carbocycles. The van der Waals surface area contributed by atoms with E-state index in [-0.39, 0.29) is 0 Å². The molecule has 0 atom stereocenters. The lowest BCUT2D eigenvalue weighted by molar-refractivity contribution is 0.0750. The third kappa shape index (κ3) is 1.61. The molecule has 1 fully saturated rings. The van der Waals surface area contributed by atoms with E-state index in [1.807, 2.05) is 6.07 Å².